The molecule has 14 heavy (non-hydrogen) atoms. The van der Waals surface area contributed by atoms with Crippen molar-refractivity contribution >= 4 is 24.3 Å². The Labute approximate surface area is 88.1 Å². The van der Waals surface area contributed by atoms with Crippen LogP contribution in [-0.2, 0) is 9.59 Å². The van der Waals surface area contributed by atoms with Crippen molar-refractivity contribution in [2.24, 2.45) is 0 Å². The molecule has 1 heterocycles. The average molecular weight is 224 g/mol. The molecule has 82 valence electrons. The molecule has 0 aromatic heterocycles. The van der Waals surface area contributed by atoms with Crippen LogP contribution in [0.5, 0.6) is 0 Å². The largest absolute Gasteiger partial charge is 0.480 e. The molecular weight excluding hydrogens is 210 g/mol. The standard InChI is InChI=1S/C8H13NO4.ClH/c1-9-5(7(10)11)3-2-4-6(9)8(12)13;/h5-6H,2-4H2,1H3,(H,10,11)(H,12,13);1H. The van der Waals surface area contributed by atoms with E-state index in [0.29, 0.717) is 19.3 Å². The Morgan fingerprint density at radius 3 is 1.79 bits per heavy atom. The molecule has 0 radical (unpaired) electrons. The Hall–Kier alpha value is -0.810. The zero-order chi connectivity index (χ0) is 10.0. The van der Waals surface area contributed by atoms with Crippen molar-refractivity contribution in [3.8, 4) is 0 Å². The predicted molar refractivity (Wildman–Crippen MR) is 51.7 cm³/mol. The highest BCUT2D eigenvalue weighted by Gasteiger charge is 2.35. The lowest BCUT2D eigenvalue weighted by molar-refractivity contribution is -0.152. The van der Waals surface area contributed by atoms with Crippen LogP contribution in [0.25, 0.3) is 0 Å². The normalized spacial score (nSPS) is 27.8. The van der Waals surface area contributed by atoms with Gasteiger partial charge in [-0.2, -0.15) is 0 Å². The van der Waals surface area contributed by atoms with Gasteiger partial charge in [0.1, 0.15) is 12.1 Å². The maximum absolute atomic E-state index is 10.7. The van der Waals surface area contributed by atoms with Crippen LogP contribution in [0.3, 0.4) is 0 Å². The fraction of sp³-hybridized carbons (Fsp3) is 0.750. The lowest BCUT2D eigenvalue weighted by atomic mass is 9.96. The Balaban J connectivity index is 0.00000169. The molecule has 2 atom stereocenters. The summed E-state index contributed by atoms with van der Waals surface area (Å²) in [6, 6.07) is -1.29. The number of nitrogens with zero attached hydrogens (tertiary/aromatic N) is 1. The van der Waals surface area contributed by atoms with Crippen molar-refractivity contribution in [2.45, 2.75) is 31.3 Å². The first kappa shape index (κ1) is 13.2. The highest BCUT2D eigenvalue weighted by molar-refractivity contribution is 5.85. The molecule has 2 N–H and O–H groups in total. The molecule has 1 aliphatic heterocycles. The maximum Gasteiger partial charge on any atom is 0.320 e. The summed E-state index contributed by atoms with van der Waals surface area (Å²) < 4.78 is 0. The lowest BCUT2D eigenvalue weighted by Gasteiger charge is -2.34. The van der Waals surface area contributed by atoms with E-state index >= 15 is 0 Å². The fourth-order valence-electron chi connectivity index (χ4n) is 1.72. The van der Waals surface area contributed by atoms with Gasteiger partial charge in [-0.1, -0.05) is 0 Å². The van der Waals surface area contributed by atoms with Gasteiger partial charge in [0.05, 0.1) is 0 Å². The molecular formula is C8H14ClNO4. The topological polar surface area (TPSA) is 77.8 Å². The highest BCUT2D eigenvalue weighted by atomic mass is 35.5. The summed E-state index contributed by atoms with van der Waals surface area (Å²) >= 11 is 0. The average Bonchev–Trinajstić information content (AvgIpc) is 2.03. The molecule has 0 amide bonds. The van der Waals surface area contributed by atoms with Gasteiger partial charge in [-0.05, 0) is 26.3 Å². The van der Waals surface area contributed by atoms with Crippen LogP contribution < -0.4 is 0 Å². The minimum atomic E-state index is -0.937. The fourth-order valence-corrected chi connectivity index (χ4v) is 1.72. The number of aliphatic carboxylic acids is 2. The minimum absolute atomic E-state index is 0. The van der Waals surface area contributed by atoms with E-state index in [9.17, 15) is 9.59 Å². The van der Waals surface area contributed by atoms with E-state index in [4.69, 9.17) is 10.2 Å². The second kappa shape index (κ2) is 5.17. The van der Waals surface area contributed by atoms with Crippen molar-refractivity contribution in [3.63, 3.8) is 0 Å². The molecule has 0 aromatic rings. The lowest BCUT2D eigenvalue weighted by Crippen LogP contribution is -2.51. The van der Waals surface area contributed by atoms with Gasteiger partial charge < -0.3 is 10.2 Å². The van der Waals surface area contributed by atoms with Crippen molar-refractivity contribution in [2.75, 3.05) is 7.05 Å². The van der Waals surface area contributed by atoms with Crippen LogP contribution in [-0.4, -0.2) is 46.2 Å². The summed E-state index contributed by atoms with van der Waals surface area (Å²) in [6.45, 7) is 0. The third-order valence-corrected chi connectivity index (χ3v) is 2.51. The number of carboxylic acid groups (broad SMARTS) is 2. The number of likely N-dealkylation sites (tertiary alicyclic amines) is 1. The van der Waals surface area contributed by atoms with Gasteiger partial charge in [0.15, 0.2) is 0 Å². The monoisotopic (exact) mass is 223 g/mol. The van der Waals surface area contributed by atoms with Gasteiger partial charge in [0.25, 0.3) is 0 Å². The van der Waals surface area contributed by atoms with Crippen LogP contribution in [0, 0.1) is 0 Å². The second-order valence-corrected chi connectivity index (χ2v) is 3.30. The van der Waals surface area contributed by atoms with E-state index in [1.54, 1.807) is 7.05 Å². The van der Waals surface area contributed by atoms with Crippen LogP contribution in [0.2, 0.25) is 0 Å². The summed E-state index contributed by atoms with van der Waals surface area (Å²) in [4.78, 5) is 22.8. The summed E-state index contributed by atoms with van der Waals surface area (Å²) in [5, 5.41) is 17.5. The maximum atomic E-state index is 10.7. The molecule has 1 fully saturated rings. The molecule has 6 heteroatoms. The van der Waals surface area contributed by atoms with Gasteiger partial charge in [-0.15, -0.1) is 12.4 Å². The zero-order valence-corrected chi connectivity index (χ0v) is 8.66. The number of hydrogen-bond acceptors (Lipinski definition) is 3. The molecule has 0 spiro atoms. The van der Waals surface area contributed by atoms with Crippen LogP contribution in [0.15, 0.2) is 0 Å². The molecule has 5 nitrogen and oxygen atoms in total. The zero-order valence-electron chi connectivity index (χ0n) is 7.84. The highest BCUT2D eigenvalue weighted by Crippen LogP contribution is 2.21. The minimum Gasteiger partial charge on any atom is -0.480 e. The van der Waals surface area contributed by atoms with E-state index in [2.05, 4.69) is 0 Å². The third-order valence-electron chi connectivity index (χ3n) is 2.51. The van der Waals surface area contributed by atoms with Gasteiger partial charge in [-0.3, -0.25) is 14.5 Å². The van der Waals surface area contributed by atoms with Gasteiger partial charge in [0, 0.05) is 0 Å². The summed E-state index contributed by atoms with van der Waals surface area (Å²) in [7, 11) is 1.55. The second-order valence-electron chi connectivity index (χ2n) is 3.30. The molecule has 0 bridgehead atoms. The van der Waals surface area contributed by atoms with Crippen molar-refractivity contribution in [1.29, 1.82) is 0 Å². The molecule has 1 aliphatic rings. The molecule has 0 aromatic carbocycles. The van der Waals surface area contributed by atoms with Crippen molar-refractivity contribution in [3.05, 3.63) is 0 Å². The first-order chi connectivity index (χ1) is 6.04. The number of likely N-dealkylation sites (N-methyl/N-ethyl adjacent to an activating group) is 1. The molecule has 1 saturated heterocycles. The van der Waals surface area contributed by atoms with E-state index in [-0.39, 0.29) is 12.4 Å². The first-order valence-corrected chi connectivity index (χ1v) is 4.21. The van der Waals surface area contributed by atoms with Gasteiger partial charge >= 0.3 is 11.9 Å². The Kier molecular flexibility index (Phi) is 4.87. The first-order valence-electron chi connectivity index (χ1n) is 4.21. The molecule has 0 aliphatic carbocycles. The Bertz CT molecular complexity index is 211. The molecule has 1 rings (SSSR count). The van der Waals surface area contributed by atoms with E-state index in [1.165, 1.54) is 4.90 Å². The number of hydrogen-bond donors (Lipinski definition) is 2. The van der Waals surface area contributed by atoms with Gasteiger partial charge in [-0.25, -0.2) is 0 Å². The Morgan fingerprint density at radius 1 is 1.14 bits per heavy atom. The van der Waals surface area contributed by atoms with Crippen LogP contribution in [0.4, 0.5) is 0 Å². The number of piperidine rings is 1. The third kappa shape index (κ3) is 2.59. The quantitative estimate of drug-likeness (QED) is 0.710. The summed E-state index contributed by atoms with van der Waals surface area (Å²) in [5.41, 5.74) is 0. The smallest absolute Gasteiger partial charge is 0.320 e. The number of carboxylic acids is 2. The molecule has 0 saturated carbocycles. The van der Waals surface area contributed by atoms with Gasteiger partial charge in [0.2, 0.25) is 0 Å². The SMILES string of the molecule is CN1C(C(=O)O)CCCC1C(=O)O.Cl. The van der Waals surface area contributed by atoms with Crippen molar-refractivity contribution in [1.82, 2.24) is 4.90 Å². The van der Waals surface area contributed by atoms with Crippen molar-refractivity contribution < 1.29 is 19.8 Å². The number of carbonyl (C=O) groups is 2. The predicted octanol–water partition coefficient (Wildman–Crippen LogP) is 0.430. The van der Waals surface area contributed by atoms with E-state index in [0.717, 1.165) is 0 Å². The number of rotatable bonds is 2. The number of halogens is 1. The van der Waals surface area contributed by atoms with Crippen LogP contribution >= 0.6 is 12.4 Å². The summed E-state index contributed by atoms with van der Waals surface area (Å²) in [6.07, 6.45) is 1.74. The van der Waals surface area contributed by atoms with Crippen LogP contribution in [0.1, 0.15) is 19.3 Å². The van der Waals surface area contributed by atoms with E-state index in [1.807, 2.05) is 0 Å². The Morgan fingerprint density at radius 2 is 1.50 bits per heavy atom. The summed E-state index contributed by atoms with van der Waals surface area (Å²) in [5.74, 6) is -1.87. The van der Waals surface area contributed by atoms with E-state index < -0.39 is 24.0 Å². The molecule has 2 unspecified atom stereocenters.